The van der Waals surface area contributed by atoms with Crippen LogP contribution in [0.3, 0.4) is 0 Å². The number of carbonyl (C=O) groups is 1. The second-order valence-electron chi connectivity index (χ2n) is 5.92. The third-order valence-corrected chi connectivity index (χ3v) is 5.81. The van der Waals surface area contributed by atoms with Crippen LogP contribution in [0.4, 0.5) is 4.79 Å². The Morgan fingerprint density at radius 1 is 1.56 bits per heavy atom. The van der Waals surface area contributed by atoms with Crippen molar-refractivity contribution in [2.24, 2.45) is 0 Å². The first-order valence-electron chi connectivity index (χ1n) is 7.78. The Bertz CT molecular complexity index is 753. The van der Waals surface area contributed by atoms with Gasteiger partial charge in [-0.15, -0.1) is 0 Å². The number of aromatic nitrogens is 2. The molecule has 0 bridgehead atoms. The fourth-order valence-corrected chi connectivity index (χ4v) is 3.88. The average Bonchev–Trinajstić information content (AvgIpc) is 3.18. The molecule has 1 aromatic rings. The largest absolute Gasteiger partial charge is 0.444 e. The van der Waals surface area contributed by atoms with Crippen LogP contribution in [0, 0.1) is 0 Å². The Labute approximate surface area is 145 Å². The van der Waals surface area contributed by atoms with Gasteiger partial charge in [-0.2, -0.15) is 0 Å². The van der Waals surface area contributed by atoms with E-state index in [1.54, 1.807) is 17.1 Å². The minimum Gasteiger partial charge on any atom is -0.444 e. The van der Waals surface area contributed by atoms with Crippen LogP contribution in [0.5, 0.6) is 0 Å². The first-order valence-corrected chi connectivity index (χ1v) is 9.73. The Morgan fingerprint density at radius 2 is 2.32 bits per heavy atom. The first-order chi connectivity index (χ1) is 11.9. The van der Waals surface area contributed by atoms with Crippen molar-refractivity contribution in [1.29, 1.82) is 0 Å². The fraction of sp³-hybridized carbons (Fsp3) is 0.600. The number of hydrogen-bond acceptors (Lipinski definition) is 7. The van der Waals surface area contributed by atoms with Crippen molar-refractivity contribution >= 4 is 21.9 Å². The quantitative estimate of drug-likeness (QED) is 0.658. The van der Waals surface area contributed by atoms with Gasteiger partial charge >= 0.3 is 6.09 Å². The maximum Gasteiger partial charge on any atom is 0.410 e. The summed E-state index contributed by atoms with van der Waals surface area (Å²) >= 11 is 0. The Balaban J connectivity index is 2.07. The Hall–Kier alpha value is -2.16. The molecule has 2 rings (SSSR count). The van der Waals surface area contributed by atoms with E-state index in [1.165, 1.54) is 10.8 Å². The third-order valence-electron chi connectivity index (χ3n) is 4.25. The van der Waals surface area contributed by atoms with Crippen molar-refractivity contribution in [3.63, 3.8) is 0 Å². The van der Waals surface area contributed by atoms with Gasteiger partial charge in [0, 0.05) is 31.5 Å². The van der Waals surface area contributed by atoms with Crippen LogP contribution >= 0.6 is 0 Å². The number of amides is 1. The summed E-state index contributed by atoms with van der Waals surface area (Å²) in [7, 11) is -3.29. The molecule has 0 radical (unpaired) electrons. The van der Waals surface area contributed by atoms with Crippen molar-refractivity contribution < 1.29 is 27.9 Å². The first kappa shape index (κ1) is 19.2. The summed E-state index contributed by atoms with van der Waals surface area (Å²) in [6.45, 7) is 0.185. The molecule has 0 spiro atoms. The van der Waals surface area contributed by atoms with Gasteiger partial charge in [-0.3, -0.25) is 0 Å². The summed E-state index contributed by atoms with van der Waals surface area (Å²) in [5.74, 6) is 1.51. The molecule has 1 saturated heterocycles. The summed E-state index contributed by atoms with van der Waals surface area (Å²) in [5, 5.41) is 8.60. The van der Waals surface area contributed by atoms with Crippen LogP contribution in [0.1, 0.15) is 18.5 Å². The number of imidazole rings is 1. The molecule has 2 atom stereocenters. The number of rotatable bonds is 7. The number of likely N-dealkylation sites (tertiary alicyclic amines) is 1. The monoisotopic (exact) mass is 371 g/mol. The van der Waals surface area contributed by atoms with Crippen LogP contribution in [0.2, 0.25) is 0 Å². The normalized spacial score (nSPS) is 20.3. The summed E-state index contributed by atoms with van der Waals surface area (Å²) in [5.41, 5.74) is 0.642. The summed E-state index contributed by atoms with van der Waals surface area (Å²) in [6, 6.07) is -0.318. The molecule has 0 aromatic carbocycles. The number of aryl methyl sites for hydroxylation is 1. The van der Waals surface area contributed by atoms with E-state index in [9.17, 15) is 23.1 Å². The molecule has 10 heteroatoms. The summed E-state index contributed by atoms with van der Waals surface area (Å²) in [6.07, 6.45) is 5.47. The second-order valence-corrected chi connectivity index (χ2v) is 8.24. The molecule has 0 unspecified atom stereocenters. The summed E-state index contributed by atoms with van der Waals surface area (Å²) in [4.78, 5) is 27.7. The van der Waals surface area contributed by atoms with E-state index in [1.807, 2.05) is 0 Å². The van der Waals surface area contributed by atoms with Crippen molar-refractivity contribution in [3.8, 4) is 0 Å². The van der Waals surface area contributed by atoms with Gasteiger partial charge in [-0.05, 0) is 12.8 Å². The molecular weight excluding hydrogens is 350 g/mol. The lowest BCUT2D eigenvalue weighted by molar-refractivity contribution is 0.106. The number of ether oxygens (including phenoxy) is 1. The lowest BCUT2D eigenvalue weighted by Gasteiger charge is -2.23. The van der Waals surface area contributed by atoms with Gasteiger partial charge in [-0.1, -0.05) is 0 Å². The molecule has 1 N–H and O–H groups in total. The molecule has 9 nitrogen and oxygen atoms in total. The second kappa shape index (κ2) is 8.28. The molecule has 1 aliphatic heterocycles. The molecule has 138 valence electrons. The number of carbonyl (C=O) groups excluding carboxylic acids is 2. The van der Waals surface area contributed by atoms with E-state index in [-0.39, 0.29) is 25.8 Å². The van der Waals surface area contributed by atoms with Gasteiger partial charge in [-0.25, -0.2) is 23.0 Å². The van der Waals surface area contributed by atoms with E-state index in [0.717, 1.165) is 12.3 Å². The number of hydrogen-bond donors (Lipinski definition) is 1. The molecule has 25 heavy (non-hydrogen) atoms. The number of nitrogens with zero attached hydrogens (tertiary/aromatic N) is 3. The van der Waals surface area contributed by atoms with Crippen LogP contribution < -0.4 is 0 Å². The maximum absolute atomic E-state index is 12.2. The Kier molecular flexibility index (Phi) is 6.35. The molecule has 0 saturated carbocycles. The highest BCUT2D eigenvalue weighted by Gasteiger charge is 2.40. The van der Waals surface area contributed by atoms with Crippen LogP contribution in [0.15, 0.2) is 18.6 Å². The van der Waals surface area contributed by atoms with E-state index in [0.29, 0.717) is 25.1 Å². The van der Waals surface area contributed by atoms with Crippen LogP contribution in [0.25, 0.3) is 0 Å². The highest BCUT2D eigenvalue weighted by atomic mass is 32.2. The molecule has 2 heterocycles. The number of aliphatic hydroxyl groups excluding tert-OH is 1. The third kappa shape index (κ3) is 4.91. The van der Waals surface area contributed by atoms with Gasteiger partial charge in [0.1, 0.15) is 12.5 Å². The minimum absolute atomic E-state index is 0.0594. The predicted octanol–water partition coefficient (Wildman–Crippen LogP) is -0.223. The van der Waals surface area contributed by atoms with E-state index in [2.05, 4.69) is 4.98 Å². The SMILES string of the molecule is CS(=O)(=O)[C@@H]1C[C@@H](CCn2cncc2CO)N(C(=O)OCC=C=O)C1. The number of sulfone groups is 1. The Morgan fingerprint density at radius 3 is 2.96 bits per heavy atom. The highest BCUT2D eigenvalue weighted by molar-refractivity contribution is 7.91. The fourth-order valence-electron chi connectivity index (χ4n) is 2.88. The predicted molar refractivity (Wildman–Crippen MR) is 88.1 cm³/mol. The molecular formula is C15H21N3O6S. The van der Waals surface area contributed by atoms with E-state index >= 15 is 0 Å². The van der Waals surface area contributed by atoms with Gasteiger partial charge in [0.05, 0.1) is 30.1 Å². The van der Waals surface area contributed by atoms with Crippen LogP contribution in [-0.2, 0) is 32.5 Å². The lowest BCUT2D eigenvalue weighted by Crippen LogP contribution is -2.37. The molecule has 0 aliphatic carbocycles. The zero-order valence-electron chi connectivity index (χ0n) is 13.9. The van der Waals surface area contributed by atoms with Crippen molar-refractivity contribution in [2.75, 3.05) is 19.4 Å². The van der Waals surface area contributed by atoms with Gasteiger partial charge in [0.15, 0.2) is 9.84 Å². The van der Waals surface area contributed by atoms with Crippen LogP contribution in [-0.4, -0.2) is 70.7 Å². The molecule has 1 amide bonds. The van der Waals surface area contributed by atoms with E-state index in [4.69, 9.17) is 4.74 Å². The van der Waals surface area contributed by atoms with Gasteiger partial charge in [0.25, 0.3) is 0 Å². The minimum atomic E-state index is -3.29. The van der Waals surface area contributed by atoms with Gasteiger partial charge < -0.3 is 19.3 Å². The molecule has 1 aliphatic rings. The topological polar surface area (TPSA) is 119 Å². The summed E-state index contributed by atoms with van der Waals surface area (Å²) < 4.78 is 30.4. The van der Waals surface area contributed by atoms with Crippen molar-refractivity contribution in [1.82, 2.24) is 14.5 Å². The van der Waals surface area contributed by atoms with Gasteiger partial charge in [0.2, 0.25) is 0 Å². The van der Waals surface area contributed by atoms with E-state index < -0.39 is 21.2 Å². The zero-order chi connectivity index (χ0) is 18.4. The maximum atomic E-state index is 12.2. The number of aliphatic hydroxyl groups is 1. The smallest absolute Gasteiger partial charge is 0.410 e. The van der Waals surface area contributed by atoms with Crippen molar-refractivity contribution in [3.05, 3.63) is 24.3 Å². The highest BCUT2D eigenvalue weighted by Crippen LogP contribution is 2.26. The average molecular weight is 371 g/mol. The standard InChI is InChI=1S/C15H21N3O6S/c1-25(22,23)14-7-12(3-4-17-11-16-8-13(17)10-20)18(9-14)15(21)24-6-2-5-19/h2,8,11-12,14,20H,3-4,6-7,9-10H2,1H3/t12-,14-/m1/s1. The lowest BCUT2D eigenvalue weighted by atomic mass is 10.1. The van der Waals surface area contributed by atoms with Crippen molar-refractivity contribution in [2.45, 2.75) is 37.3 Å². The molecule has 1 aromatic heterocycles. The molecule has 1 fully saturated rings. The zero-order valence-corrected chi connectivity index (χ0v) is 14.7.